The van der Waals surface area contributed by atoms with Gasteiger partial charge in [-0.05, 0) is 17.7 Å². The Morgan fingerprint density at radius 2 is 1.83 bits per heavy atom. The summed E-state index contributed by atoms with van der Waals surface area (Å²) in [5.41, 5.74) is 1.05. The number of pyridine rings is 1. The summed E-state index contributed by atoms with van der Waals surface area (Å²) in [6.07, 6.45) is 1.78. The van der Waals surface area contributed by atoms with Crippen molar-refractivity contribution in [3.63, 3.8) is 0 Å². The standard InChI is InChI=1S/C17H22N4O2.HI/c1-18-17(19-2)21-13-14-8-9-16(20-12-14)23-11-10-22-15-6-4-3-5-7-15;/h3-9,12H,10-11,13H2,1-2H3,(H2,18,19,21);1H. The summed E-state index contributed by atoms with van der Waals surface area (Å²) in [5, 5.41) is 6.12. The first-order chi connectivity index (χ1) is 11.3. The Hall–Kier alpha value is -2.03. The van der Waals surface area contributed by atoms with Crippen LogP contribution in [-0.2, 0) is 6.54 Å². The largest absolute Gasteiger partial charge is 0.490 e. The molecule has 0 aliphatic heterocycles. The molecule has 0 aliphatic carbocycles. The van der Waals surface area contributed by atoms with E-state index in [1.54, 1.807) is 13.2 Å². The molecule has 0 spiro atoms. The SMILES string of the molecule is CN=C(NC)NCc1ccc(OCCOc2ccccc2)nc1.I. The molecule has 1 aromatic heterocycles. The fourth-order valence-corrected chi connectivity index (χ4v) is 1.89. The van der Waals surface area contributed by atoms with Crippen LogP contribution in [0.2, 0.25) is 0 Å². The summed E-state index contributed by atoms with van der Waals surface area (Å²) in [6, 6.07) is 13.5. The van der Waals surface area contributed by atoms with Crippen molar-refractivity contribution in [3.05, 3.63) is 54.2 Å². The van der Waals surface area contributed by atoms with Gasteiger partial charge < -0.3 is 20.1 Å². The van der Waals surface area contributed by atoms with E-state index in [9.17, 15) is 0 Å². The number of para-hydroxylation sites is 1. The van der Waals surface area contributed by atoms with Crippen molar-refractivity contribution in [3.8, 4) is 11.6 Å². The Bertz CT molecular complexity index is 606. The highest BCUT2D eigenvalue weighted by Gasteiger charge is 1.99. The molecule has 6 nitrogen and oxygen atoms in total. The number of guanidine groups is 1. The lowest BCUT2D eigenvalue weighted by atomic mass is 10.3. The third-order valence-electron chi connectivity index (χ3n) is 3.06. The first kappa shape index (κ1) is 20.0. The number of benzene rings is 1. The number of aliphatic imine (C=N–C) groups is 1. The van der Waals surface area contributed by atoms with Gasteiger partial charge in [0.1, 0.15) is 19.0 Å². The number of ether oxygens (including phenoxy) is 2. The van der Waals surface area contributed by atoms with Crippen molar-refractivity contribution >= 4 is 29.9 Å². The normalized spacial score (nSPS) is 10.5. The van der Waals surface area contributed by atoms with E-state index in [2.05, 4.69) is 20.6 Å². The van der Waals surface area contributed by atoms with Gasteiger partial charge in [0.05, 0.1) is 0 Å². The molecule has 0 bridgehead atoms. The topological polar surface area (TPSA) is 67.8 Å². The van der Waals surface area contributed by atoms with Crippen LogP contribution < -0.4 is 20.1 Å². The zero-order valence-electron chi connectivity index (χ0n) is 13.9. The molecule has 7 heteroatoms. The Labute approximate surface area is 159 Å². The van der Waals surface area contributed by atoms with Gasteiger partial charge in [0.15, 0.2) is 5.96 Å². The smallest absolute Gasteiger partial charge is 0.213 e. The zero-order chi connectivity index (χ0) is 16.3. The molecule has 0 aliphatic rings. The number of hydrogen-bond donors (Lipinski definition) is 2. The van der Waals surface area contributed by atoms with Gasteiger partial charge >= 0.3 is 0 Å². The van der Waals surface area contributed by atoms with E-state index in [1.807, 2.05) is 49.5 Å². The molecule has 1 heterocycles. The monoisotopic (exact) mass is 442 g/mol. The van der Waals surface area contributed by atoms with Crippen molar-refractivity contribution in [2.75, 3.05) is 27.3 Å². The Morgan fingerprint density at radius 3 is 2.46 bits per heavy atom. The maximum Gasteiger partial charge on any atom is 0.213 e. The summed E-state index contributed by atoms with van der Waals surface area (Å²) in [7, 11) is 3.55. The van der Waals surface area contributed by atoms with E-state index >= 15 is 0 Å². The Kier molecular flexibility index (Phi) is 9.59. The number of halogens is 1. The van der Waals surface area contributed by atoms with Crippen molar-refractivity contribution in [2.24, 2.45) is 4.99 Å². The van der Waals surface area contributed by atoms with E-state index in [0.29, 0.717) is 25.6 Å². The molecule has 24 heavy (non-hydrogen) atoms. The molecule has 130 valence electrons. The van der Waals surface area contributed by atoms with Gasteiger partial charge in [-0.2, -0.15) is 0 Å². The lowest BCUT2D eigenvalue weighted by Crippen LogP contribution is -2.34. The summed E-state index contributed by atoms with van der Waals surface area (Å²) in [5.74, 6) is 2.16. The van der Waals surface area contributed by atoms with Gasteiger partial charge in [-0.3, -0.25) is 4.99 Å². The van der Waals surface area contributed by atoms with Gasteiger partial charge in [-0.1, -0.05) is 24.3 Å². The van der Waals surface area contributed by atoms with Gasteiger partial charge in [0.25, 0.3) is 0 Å². The maximum atomic E-state index is 5.56. The molecule has 0 amide bonds. The van der Waals surface area contributed by atoms with Gasteiger partial charge in [-0.25, -0.2) is 4.98 Å². The minimum absolute atomic E-state index is 0. The molecular formula is C17H23IN4O2. The summed E-state index contributed by atoms with van der Waals surface area (Å²) >= 11 is 0. The fourth-order valence-electron chi connectivity index (χ4n) is 1.89. The highest BCUT2D eigenvalue weighted by Crippen LogP contribution is 2.09. The quantitative estimate of drug-likeness (QED) is 0.299. The third kappa shape index (κ3) is 7.03. The van der Waals surface area contributed by atoms with Crippen LogP contribution in [0.15, 0.2) is 53.7 Å². The predicted octanol–water partition coefficient (Wildman–Crippen LogP) is 2.45. The van der Waals surface area contributed by atoms with E-state index in [-0.39, 0.29) is 24.0 Å². The van der Waals surface area contributed by atoms with Crippen molar-refractivity contribution in [2.45, 2.75) is 6.54 Å². The number of hydrogen-bond acceptors (Lipinski definition) is 4. The van der Waals surface area contributed by atoms with Crippen molar-refractivity contribution < 1.29 is 9.47 Å². The molecular weight excluding hydrogens is 419 g/mol. The van der Waals surface area contributed by atoms with Gasteiger partial charge in [0.2, 0.25) is 5.88 Å². The minimum Gasteiger partial charge on any atom is -0.490 e. The van der Waals surface area contributed by atoms with Crippen LogP contribution in [0.25, 0.3) is 0 Å². The Balaban J connectivity index is 0.00000288. The van der Waals surface area contributed by atoms with Gasteiger partial charge in [0, 0.05) is 32.9 Å². The second-order valence-electron chi connectivity index (χ2n) is 4.69. The Morgan fingerprint density at radius 1 is 1.08 bits per heavy atom. The lowest BCUT2D eigenvalue weighted by Gasteiger charge is -2.09. The summed E-state index contributed by atoms with van der Waals surface area (Å²) in [6.45, 7) is 1.58. The number of nitrogens with zero attached hydrogens (tertiary/aromatic N) is 2. The average molecular weight is 442 g/mol. The highest BCUT2D eigenvalue weighted by atomic mass is 127. The molecule has 0 atom stereocenters. The predicted molar refractivity (Wildman–Crippen MR) is 106 cm³/mol. The minimum atomic E-state index is 0. The highest BCUT2D eigenvalue weighted by molar-refractivity contribution is 14.0. The van der Waals surface area contributed by atoms with E-state index in [1.165, 1.54) is 0 Å². The lowest BCUT2D eigenvalue weighted by molar-refractivity contribution is 0.212. The van der Waals surface area contributed by atoms with Crippen molar-refractivity contribution in [1.29, 1.82) is 0 Å². The van der Waals surface area contributed by atoms with E-state index in [4.69, 9.17) is 9.47 Å². The molecule has 2 aromatic rings. The van der Waals surface area contributed by atoms with Crippen LogP contribution in [-0.4, -0.2) is 38.3 Å². The van der Waals surface area contributed by atoms with Crippen molar-refractivity contribution in [1.82, 2.24) is 15.6 Å². The van der Waals surface area contributed by atoms with Gasteiger partial charge in [-0.15, -0.1) is 24.0 Å². The first-order valence-electron chi connectivity index (χ1n) is 7.46. The molecule has 0 fully saturated rings. The first-order valence-corrected chi connectivity index (χ1v) is 7.46. The van der Waals surface area contributed by atoms with Crippen LogP contribution in [0.3, 0.4) is 0 Å². The summed E-state index contributed by atoms with van der Waals surface area (Å²) < 4.78 is 11.1. The number of rotatable bonds is 7. The van der Waals surface area contributed by atoms with Crippen LogP contribution in [0.1, 0.15) is 5.56 Å². The third-order valence-corrected chi connectivity index (χ3v) is 3.06. The molecule has 0 unspecified atom stereocenters. The molecule has 2 rings (SSSR count). The fraction of sp³-hybridized carbons (Fsp3) is 0.294. The second kappa shape index (κ2) is 11.5. The molecule has 0 radical (unpaired) electrons. The zero-order valence-corrected chi connectivity index (χ0v) is 16.2. The molecule has 0 saturated heterocycles. The molecule has 0 saturated carbocycles. The van der Waals surface area contributed by atoms with Crippen LogP contribution >= 0.6 is 24.0 Å². The van der Waals surface area contributed by atoms with Crippen LogP contribution in [0.4, 0.5) is 0 Å². The maximum absolute atomic E-state index is 5.56. The average Bonchev–Trinajstić information content (AvgIpc) is 2.61. The second-order valence-corrected chi connectivity index (χ2v) is 4.69. The van der Waals surface area contributed by atoms with E-state index in [0.717, 1.165) is 17.3 Å². The summed E-state index contributed by atoms with van der Waals surface area (Å²) in [4.78, 5) is 8.32. The van der Waals surface area contributed by atoms with Crippen LogP contribution in [0.5, 0.6) is 11.6 Å². The number of aromatic nitrogens is 1. The molecule has 1 aromatic carbocycles. The molecule has 2 N–H and O–H groups in total. The van der Waals surface area contributed by atoms with E-state index < -0.39 is 0 Å². The number of nitrogens with one attached hydrogen (secondary N) is 2. The van der Waals surface area contributed by atoms with Crippen LogP contribution in [0, 0.1) is 0 Å².